The van der Waals surface area contributed by atoms with Crippen molar-refractivity contribution in [3.8, 4) is 0 Å². The molecule has 3 aliphatic heterocycles. The van der Waals surface area contributed by atoms with E-state index in [1.807, 2.05) is 44.2 Å². The smallest absolute Gasteiger partial charge is 0.246 e. The molecule has 1 aromatic carbocycles. The second kappa shape index (κ2) is 9.93. The lowest BCUT2D eigenvalue weighted by Gasteiger charge is -2.34. The Bertz CT molecular complexity index is 903. The van der Waals surface area contributed by atoms with Crippen molar-refractivity contribution in [1.29, 1.82) is 0 Å². The highest BCUT2D eigenvalue weighted by molar-refractivity contribution is 5.98. The lowest BCUT2D eigenvalue weighted by atomic mass is 10.00. The minimum atomic E-state index is -0.781. The summed E-state index contributed by atoms with van der Waals surface area (Å²) in [7, 11) is 0. The molecule has 2 N–H and O–H groups in total. The molecule has 0 aromatic heterocycles. The minimum Gasteiger partial charge on any atom is -0.342 e. The Morgan fingerprint density at radius 1 is 0.818 bits per heavy atom. The van der Waals surface area contributed by atoms with E-state index in [0.29, 0.717) is 45.2 Å². The van der Waals surface area contributed by atoms with Gasteiger partial charge in [0.25, 0.3) is 0 Å². The summed E-state index contributed by atoms with van der Waals surface area (Å²) in [5.41, 5.74) is 0.930. The van der Waals surface area contributed by atoms with Gasteiger partial charge in [0, 0.05) is 19.5 Å². The van der Waals surface area contributed by atoms with Gasteiger partial charge in [-0.2, -0.15) is 0 Å². The summed E-state index contributed by atoms with van der Waals surface area (Å²) >= 11 is 0. The quantitative estimate of drug-likeness (QED) is 0.715. The zero-order chi connectivity index (χ0) is 23.5. The molecule has 3 heterocycles. The van der Waals surface area contributed by atoms with Crippen LogP contribution in [-0.4, -0.2) is 70.7 Å². The van der Waals surface area contributed by atoms with Gasteiger partial charge in [-0.05, 0) is 43.6 Å². The molecular formula is C25H34N4O4. The monoisotopic (exact) mass is 454 g/mol. The maximum atomic E-state index is 13.6. The Morgan fingerprint density at radius 2 is 1.33 bits per heavy atom. The topological polar surface area (TPSA) is 98.8 Å². The van der Waals surface area contributed by atoms with Crippen LogP contribution in [0.3, 0.4) is 0 Å². The standard InChI is InChI=1S/C25H34N4O4/c1-16(2)14-18-24(32)28-12-6-11-21(28)23(31)27-19(15-17-8-4-3-5-9-17)25(33)29-13-7-10-20(29)22(30)26-18/h3-5,8-9,16,18-21H,6-7,10-15H2,1-2H3,(H,26,30)(H,27,31)/t18-,19-,20-,21-/m0/s1. The molecule has 33 heavy (non-hydrogen) atoms. The van der Waals surface area contributed by atoms with E-state index in [0.717, 1.165) is 12.0 Å². The van der Waals surface area contributed by atoms with Gasteiger partial charge in [-0.25, -0.2) is 0 Å². The van der Waals surface area contributed by atoms with Gasteiger partial charge in [0.2, 0.25) is 23.6 Å². The number of hydrogen-bond donors (Lipinski definition) is 2. The van der Waals surface area contributed by atoms with Gasteiger partial charge in [-0.15, -0.1) is 0 Å². The van der Waals surface area contributed by atoms with Gasteiger partial charge in [0.05, 0.1) is 0 Å². The second-order valence-electron chi connectivity index (χ2n) is 9.82. The van der Waals surface area contributed by atoms with Crippen molar-refractivity contribution in [3.63, 3.8) is 0 Å². The number of carbonyl (C=O) groups excluding carboxylic acids is 4. The number of nitrogens with one attached hydrogen (secondary N) is 2. The molecule has 1 aromatic rings. The predicted molar refractivity (Wildman–Crippen MR) is 123 cm³/mol. The molecule has 0 saturated carbocycles. The third-order valence-electron chi connectivity index (χ3n) is 6.90. The van der Waals surface area contributed by atoms with Crippen LogP contribution < -0.4 is 10.6 Å². The van der Waals surface area contributed by atoms with E-state index < -0.39 is 24.2 Å². The average Bonchev–Trinajstić information content (AvgIpc) is 3.47. The molecule has 4 rings (SSSR count). The molecule has 4 amide bonds. The lowest BCUT2D eigenvalue weighted by Crippen LogP contribution is -2.61. The van der Waals surface area contributed by atoms with Crippen molar-refractivity contribution in [2.24, 2.45) is 5.92 Å². The number of fused-ring (bicyclic) bond motifs is 2. The van der Waals surface area contributed by atoms with E-state index in [1.165, 1.54) is 0 Å². The van der Waals surface area contributed by atoms with Crippen molar-refractivity contribution < 1.29 is 19.2 Å². The van der Waals surface area contributed by atoms with Crippen LogP contribution in [0.25, 0.3) is 0 Å². The molecule has 0 aliphatic carbocycles. The summed E-state index contributed by atoms with van der Waals surface area (Å²) in [4.78, 5) is 56.8. The Hall–Kier alpha value is -2.90. The van der Waals surface area contributed by atoms with Gasteiger partial charge >= 0.3 is 0 Å². The first-order valence-corrected chi connectivity index (χ1v) is 12.1. The largest absolute Gasteiger partial charge is 0.342 e. The zero-order valence-corrected chi connectivity index (χ0v) is 19.5. The zero-order valence-electron chi connectivity index (χ0n) is 19.5. The molecule has 0 spiro atoms. The Labute approximate surface area is 195 Å². The van der Waals surface area contributed by atoms with Crippen LogP contribution >= 0.6 is 0 Å². The van der Waals surface area contributed by atoms with Crippen molar-refractivity contribution in [2.75, 3.05) is 13.1 Å². The first kappa shape index (κ1) is 23.3. The van der Waals surface area contributed by atoms with Crippen LogP contribution in [0.4, 0.5) is 0 Å². The van der Waals surface area contributed by atoms with Crippen LogP contribution in [0.2, 0.25) is 0 Å². The Morgan fingerprint density at radius 3 is 1.88 bits per heavy atom. The van der Waals surface area contributed by atoms with Crippen molar-refractivity contribution in [1.82, 2.24) is 20.4 Å². The predicted octanol–water partition coefficient (Wildman–Crippen LogP) is 1.24. The maximum Gasteiger partial charge on any atom is 0.246 e. The van der Waals surface area contributed by atoms with Gasteiger partial charge in [-0.1, -0.05) is 44.2 Å². The molecule has 8 nitrogen and oxygen atoms in total. The molecular weight excluding hydrogens is 420 g/mol. The SMILES string of the molecule is CC(C)C[C@@H]1NC(=O)[C@@H]2CCCN2C(=O)[C@H](Cc2ccccc2)NC(=O)[C@@H]2CCCN2C1=O. The maximum absolute atomic E-state index is 13.6. The first-order chi connectivity index (χ1) is 15.8. The molecule has 3 saturated heterocycles. The van der Waals surface area contributed by atoms with E-state index in [-0.39, 0.29) is 29.5 Å². The van der Waals surface area contributed by atoms with Gasteiger partial charge in [0.15, 0.2) is 0 Å². The molecule has 0 radical (unpaired) electrons. The number of hydrogen-bond acceptors (Lipinski definition) is 4. The van der Waals surface area contributed by atoms with E-state index in [9.17, 15) is 19.2 Å². The van der Waals surface area contributed by atoms with E-state index in [4.69, 9.17) is 0 Å². The van der Waals surface area contributed by atoms with Crippen LogP contribution in [0.15, 0.2) is 30.3 Å². The normalized spacial score (nSPS) is 28.7. The fourth-order valence-electron chi connectivity index (χ4n) is 5.29. The summed E-state index contributed by atoms with van der Waals surface area (Å²) in [6, 6.07) is 6.83. The summed E-state index contributed by atoms with van der Waals surface area (Å²) in [6.45, 7) is 4.96. The number of nitrogens with zero attached hydrogens (tertiary/aromatic N) is 2. The van der Waals surface area contributed by atoms with Crippen molar-refractivity contribution >= 4 is 23.6 Å². The van der Waals surface area contributed by atoms with Crippen LogP contribution in [0.5, 0.6) is 0 Å². The van der Waals surface area contributed by atoms with E-state index in [2.05, 4.69) is 10.6 Å². The minimum absolute atomic E-state index is 0.193. The van der Waals surface area contributed by atoms with Crippen LogP contribution in [0, 0.1) is 5.92 Å². The number of amides is 4. The summed E-state index contributed by atoms with van der Waals surface area (Å²) in [6.07, 6.45) is 3.38. The number of carbonyl (C=O) groups is 4. The fraction of sp³-hybridized carbons (Fsp3) is 0.600. The van der Waals surface area contributed by atoms with Crippen LogP contribution in [0.1, 0.15) is 51.5 Å². The van der Waals surface area contributed by atoms with E-state index in [1.54, 1.807) is 9.80 Å². The second-order valence-corrected chi connectivity index (χ2v) is 9.82. The molecule has 0 bridgehead atoms. The van der Waals surface area contributed by atoms with Crippen LogP contribution in [-0.2, 0) is 25.6 Å². The Kier molecular flexibility index (Phi) is 7.00. The highest BCUT2D eigenvalue weighted by Gasteiger charge is 2.43. The van der Waals surface area contributed by atoms with Crippen molar-refractivity contribution in [2.45, 2.75) is 76.5 Å². The fourth-order valence-corrected chi connectivity index (χ4v) is 5.29. The molecule has 178 valence electrons. The molecule has 8 heteroatoms. The first-order valence-electron chi connectivity index (χ1n) is 12.1. The number of rotatable bonds is 4. The third kappa shape index (κ3) is 5.04. The molecule has 3 fully saturated rings. The third-order valence-corrected chi connectivity index (χ3v) is 6.90. The summed E-state index contributed by atoms with van der Waals surface area (Å²) < 4.78 is 0. The molecule has 4 atom stereocenters. The van der Waals surface area contributed by atoms with Gasteiger partial charge < -0.3 is 20.4 Å². The highest BCUT2D eigenvalue weighted by atomic mass is 16.2. The number of benzene rings is 1. The molecule has 0 unspecified atom stereocenters. The van der Waals surface area contributed by atoms with Gasteiger partial charge in [-0.3, -0.25) is 19.2 Å². The van der Waals surface area contributed by atoms with Crippen molar-refractivity contribution in [3.05, 3.63) is 35.9 Å². The lowest BCUT2D eigenvalue weighted by molar-refractivity contribution is -0.147. The van der Waals surface area contributed by atoms with Gasteiger partial charge in [0.1, 0.15) is 24.2 Å². The summed E-state index contributed by atoms with van der Waals surface area (Å²) in [5.74, 6) is -0.812. The summed E-state index contributed by atoms with van der Waals surface area (Å²) in [5, 5.41) is 5.90. The Balaban J connectivity index is 1.67. The average molecular weight is 455 g/mol. The highest BCUT2D eigenvalue weighted by Crippen LogP contribution is 2.24. The van der Waals surface area contributed by atoms with E-state index >= 15 is 0 Å². The molecule has 3 aliphatic rings.